The third-order valence-corrected chi connectivity index (χ3v) is 13.8. The SMILES string of the molecule is Cc1ccc(Br)nn1.Cc1ccc(N2CCN3C(=O)[C@@H](CCCc4cccc(F)c4C4CC4)C[C@H]3C2)nn1.O=C1[C@@H](CCCc2cccc(F)c2C2CC2)C[C@H]2CNCCN12. The average Bonchev–Trinajstić information content (AvgIpc) is 4.21. The number of aromatic nitrogens is 4. The molecule has 0 radical (unpaired) electrons. The predicted molar refractivity (Wildman–Crippen MR) is 236 cm³/mol. The molecule has 6 aliphatic rings. The maximum absolute atomic E-state index is 14.3. The van der Waals surface area contributed by atoms with Crippen LogP contribution in [-0.4, -0.2) is 93.4 Å². The summed E-state index contributed by atoms with van der Waals surface area (Å²) < 4.78 is 29.1. The Morgan fingerprint density at radius 3 is 1.74 bits per heavy atom. The zero-order valence-electron chi connectivity index (χ0n) is 35.5. The monoisotopic (exact) mass is 896 g/mol. The molecule has 0 unspecified atom stereocenters. The van der Waals surface area contributed by atoms with Gasteiger partial charge in [-0.3, -0.25) is 9.59 Å². The molecule has 2 saturated carbocycles. The second kappa shape index (κ2) is 19.8. The third kappa shape index (κ3) is 10.8. The molecule has 0 spiro atoms. The van der Waals surface area contributed by atoms with Gasteiger partial charge in [0.2, 0.25) is 11.8 Å². The summed E-state index contributed by atoms with van der Waals surface area (Å²) in [5, 5.41) is 19.4. The van der Waals surface area contributed by atoms with Gasteiger partial charge in [-0.2, -0.15) is 10.2 Å². The van der Waals surface area contributed by atoms with E-state index in [1.54, 1.807) is 12.1 Å². The van der Waals surface area contributed by atoms with Crippen molar-refractivity contribution in [3.05, 3.63) is 111 Å². The zero-order chi connectivity index (χ0) is 42.5. The number of fused-ring (bicyclic) bond motifs is 2. The standard InChI is InChI=1S/C24H29FN4O.C19H25FN2O.C5H5BrN2/c1-16-8-11-22(27-26-16)28-12-13-29-20(15-28)14-19(24(29)30)6-2-4-17-5-3-7-21(25)23(17)18-9-10-18;20-17-6-2-4-13(18(17)14-7-8-14)3-1-5-15-11-16-12-21-9-10-22(16)19(15)23;1-4-2-3-5(6)8-7-4/h3,5,7-8,11,18-20H,2,4,6,9-10,12-15H2,1H3;2,4,6,14-16,21H,1,3,5,7-12H2;2-3H,1H3/t19-,20-;15-,16-;/m00./s1. The number of amides is 2. The molecular weight excluding hydrogens is 838 g/mol. The van der Waals surface area contributed by atoms with Crippen molar-refractivity contribution in [2.75, 3.05) is 44.2 Å². The summed E-state index contributed by atoms with van der Waals surface area (Å²) in [5.74, 6) is 2.59. The van der Waals surface area contributed by atoms with Gasteiger partial charge in [0.05, 0.1) is 17.4 Å². The normalized spacial score (nSPS) is 23.2. The van der Waals surface area contributed by atoms with Crippen LogP contribution < -0.4 is 10.2 Å². The predicted octanol–water partition coefficient (Wildman–Crippen LogP) is 8.26. The van der Waals surface area contributed by atoms with Crippen LogP contribution in [0.3, 0.4) is 0 Å². The first-order valence-corrected chi connectivity index (χ1v) is 23.3. The van der Waals surface area contributed by atoms with Crippen LogP contribution in [0, 0.1) is 37.3 Å². The molecule has 2 aromatic heterocycles. The Hall–Kier alpha value is -4.36. The molecule has 4 aromatic rings. The molecule has 4 atom stereocenters. The number of hydrogen-bond donors (Lipinski definition) is 1. The lowest BCUT2D eigenvalue weighted by atomic mass is 9.93. The first-order chi connectivity index (χ1) is 29.6. The Morgan fingerprint density at radius 1 is 0.672 bits per heavy atom. The van der Waals surface area contributed by atoms with E-state index in [0.717, 1.165) is 160 Å². The first-order valence-electron chi connectivity index (χ1n) is 22.5. The Morgan fingerprint density at radius 2 is 1.23 bits per heavy atom. The number of carbonyl (C=O) groups excluding carboxylic acids is 2. The Kier molecular flexibility index (Phi) is 14.0. The summed E-state index contributed by atoms with van der Waals surface area (Å²) in [6.07, 6.45) is 11.9. The topological polar surface area (TPSA) is 107 Å². The minimum atomic E-state index is -0.0524. The van der Waals surface area contributed by atoms with E-state index >= 15 is 0 Å². The van der Waals surface area contributed by atoms with Crippen molar-refractivity contribution in [1.82, 2.24) is 35.5 Å². The highest BCUT2D eigenvalue weighted by Crippen LogP contribution is 2.44. The van der Waals surface area contributed by atoms with Gasteiger partial charge in [-0.05, 0) is 177 Å². The van der Waals surface area contributed by atoms with Crippen molar-refractivity contribution in [3.63, 3.8) is 0 Å². The number of nitrogens with one attached hydrogen (secondary N) is 1. The van der Waals surface area contributed by atoms with Crippen molar-refractivity contribution in [3.8, 4) is 0 Å². The quantitative estimate of drug-likeness (QED) is 0.161. The lowest BCUT2D eigenvalue weighted by molar-refractivity contribution is -0.133. The molecule has 10 nitrogen and oxygen atoms in total. The Labute approximate surface area is 367 Å². The van der Waals surface area contributed by atoms with E-state index < -0.39 is 0 Å². The van der Waals surface area contributed by atoms with Gasteiger partial charge >= 0.3 is 0 Å². The number of anilines is 1. The fraction of sp³-hybridized carbons (Fsp3) is 0.542. The molecule has 0 bridgehead atoms. The highest BCUT2D eigenvalue weighted by atomic mass is 79.9. The molecule has 6 fully saturated rings. The first kappa shape index (κ1) is 43.3. The number of piperazine rings is 2. The van der Waals surface area contributed by atoms with Crippen LogP contribution in [0.4, 0.5) is 14.6 Å². The second-order valence-electron chi connectivity index (χ2n) is 17.9. The number of nitrogens with zero attached hydrogens (tertiary/aromatic N) is 7. The van der Waals surface area contributed by atoms with Gasteiger partial charge in [-0.1, -0.05) is 24.3 Å². The number of aryl methyl sites for hydroxylation is 4. The van der Waals surface area contributed by atoms with E-state index in [1.165, 1.54) is 0 Å². The highest BCUT2D eigenvalue weighted by Gasteiger charge is 2.43. The smallest absolute Gasteiger partial charge is 0.226 e. The van der Waals surface area contributed by atoms with E-state index in [4.69, 9.17) is 0 Å². The van der Waals surface area contributed by atoms with Gasteiger partial charge in [0.15, 0.2) is 5.82 Å². The fourth-order valence-electron chi connectivity index (χ4n) is 9.91. The van der Waals surface area contributed by atoms with Gasteiger partial charge in [-0.25, -0.2) is 8.78 Å². The molecule has 2 amide bonds. The minimum Gasteiger partial charge on any atom is -0.351 e. The Balaban J connectivity index is 0.000000146. The van der Waals surface area contributed by atoms with Crippen molar-refractivity contribution in [1.29, 1.82) is 0 Å². The van der Waals surface area contributed by atoms with E-state index in [2.05, 4.69) is 68.5 Å². The molecule has 4 saturated heterocycles. The lowest BCUT2D eigenvalue weighted by Crippen LogP contribution is -2.51. The van der Waals surface area contributed by atoms with Crippen molar-refractivity contribution in [2.24, 2.45) is 11.8 Å². The molecule has 4 aliphatic heterocycles. The number of rotatable bonds is 11. The molecule has 6 heterocycles. The van der Waals surface area contributed by atoms with Crippen LogP contribution in [0.25, 0.3) is 0 Å². The molecular formula is C48H59BrF2N8O2. The van der Waals surface area contributed by atoms with Crippen LogP contribution in [0.2, 0.25) is 0 Å². The number of hydrogen-bond acceptors (Lipinski definition) is 8. The average molecular weight is 898 g/mol. The number of benzene rings is 2. The van der Waals surface area contributed by atoms with Crippen molar-refractivity contribution in [2.45, 2.75) is 115 Å². The number of carbonyl (C=O) groups is 2. The van der Waals surface area contributed by atoms with E-state index in [0.29, 0.717) is 29.7 Å². The van der Waals surface area contributed by atoms with Gasteiger partial charge in [0.1, 0.15) is 16.2 Å². The number of halogens is 3. The molecule has 2 aliphatic carbocycles. The molecule has 1 N–H and O–H groups in total. The van der Waals surface area contributed by atoms with Crippen LogP contribution in [0.1, 0.15) is 110 Å². The van der Waals surface area contributed by atoms with E-state index in [1.807, 2.05) is 50.2 Å². The van der Waals surface area contributed by atoms with Crippen LogP contribution in [0.5, 0.6) is 0 Å². The maximum atomic E-state index is 14.3. The molecule has 61 heavy (non-hydrogen) atoms. The maximum Gasteiger partial charge on any atom is 0.226 e. The molecule has 13 heteroatoms. The van der Waals surface area contributed by atoms with Crippen molar-refractivity contribution < 1.29 is 18.4 Å². The molecule has 324 valence electrons. The Bertz CT molecular complexity index is 2110. The fourth-order valence-corrected chi connectivity index (χ4v) is 10.1. The summed E-state index contributed by atoms with van der Waals surface area (Å²) in [4.78, 5) is 31.8. The van der Waals surface area contributed by atoms with Crippen LogP contribution in [-0.2, 0) is 22.4 Å². The zero-order valence-corrected chi connectivity index (χ0v) is 37.1. The van der Waals surface area contributed by atoms with Crippen molar-refractivity contribution >= 4 is 33.6 Å². The van der Waals surface area contributed by atoms with Crippen LogP contribution in [0.15, 0.2) is 65.3 Å². The summed E-state index contributed by atoms with van der Waals surface area (Å²) in [6, 6.07) is 19.4. The summed E-state index contributed by atoms with van der Waals surface area (Å²) >= 11 is 3.17. The van der Waals surface area contributed by atoms with Gasteiger partial charge in [0, 0.05) is 57.1 Å². The summed E-state index contributed by atoms with van der Waals surface area (Å²) in [7, 11) is 0. The van der Waals surface area contributed by atoms with Gasteiger partial charge in [-0.15, -0.1) is 10.2 Å². The largest absolute Gasteiger partial charge is 0.351 e. The molecule has 10 rings (SSSR count). The molecule has 2 aromatic carbocycles. The van der Waals surface area contributed by atoms with Crippen LogP contribution >= 0.6 is 15.9 Å². The van der Waals surface area contributed by atoms with Gasteiger partial charge in [0.25, 0.3) is 0 Å². The summed E-state index contributed by atoms with van der Waals surface area (Å²) in [5.41, 5.74) is 6.04. The second-order valence-corrected chi connectivity index (χ2v) is 18.7. The lowest BCUT2D eigenvalue weighted by Gasteiger charge is -2.37. The summed E-state index contributed by atoms with van der Waals surface area (Å²) in [6.45, 7) is 8.95. The minimum absolute atomic E-state index is 0.0369. The third-order valence-electron chi connectivity index (χ3n) is 13.3. The highest BCUT2D eigenvalue weighted by molar-refractivity contribution is 9.10. The van der Waals surface area contributed by atoms with E-state index in [-0.39, 0.29) is 29.5 Å². The van der Waals surface area contributed by atoms with E-state index in [9.17, 15) is 18.4 Å². The van der Waals surface area contributed by atoms with Gasteiger partial charge < -0.3 is 20.0 Å².